The van der Waals surface area contributed by atoms with Gasteiger partial charge in [-0.2, -0.15) is 0 Å². The third kappa shape index (κ3) is 5.78. The second-order valence-electron chi connectivity index (χ2n) is 17.3. The van der Waals surface area contributed by atoms with E-state index in [1.807, 2.05) is 6.07 Å². The summed E-state index contributed by atoms with van der Waals surface area (Å²) in [4.78, 5) is 7.05. The summed E-state index contributed by atoms with van der Waals surface area (Å²) in [5.41, 5.74) is 16.6. The number of fused-ring (bicyclic) bond motifs is 3. The van der Waals surface area contributed by atoms with Crippen LogP contribution in [0.15, 0.2) is 237 Å². The van der Waals surface area contributed by atoms with Crippen LogP contribution >= 0.6 is 0 Å². The van der Waals surface area contributed by atoms with Crippen molar-refractivity contribution in [2.45, 2.75) is 0 Å². The lowest BCUT2D eigenvalue weighted by molar-refractivity contribution is 0.464. The van der Waals surface area contributed by atoms with Crippen LogP contribution in [0.25, 0.3) is 27.5 Å². The SMILES string of the molecule is c1ccc(N(c2ccccc2)c2ccc3c(c2)c2cc(N(c4ccccc4)c4ccccc4)ccc2n3-c2ccc(N3c4cccc5c4B4c6c(cccc6Oc6cccc3c64)O5)cc2)cc1. The molecule has 0 N–H and O–H groups in total. The molecule has 0 saturated heterocycles. The monoisotopic (exact) mass is 858 g/mol. The van der Waals surface area contributed by atoms with Crippen molar-refractivity contribution in [3.63, 3.8) is 0 Å². The molecule has 0 spiro atoms. The van der Waals surface area contributed by atoms with Gasteiger partial charge in [-0.05, 0) is 157 Å². The van der Waals surface area contributed by atoms with Crippen molar-refractivity contribution in [3.05, 3.63) is 237 Å². The summed E-state index contributed by atoms with van der Waals surface area (Å²) in [5.74, 6) is 3.49. The molecule has 0 amide bonds. The number of anilines is 9. The van der Waals surface area contributed by atoms with E-state index in [1.165, 1.54) is 10.9 Å². The number of hydrogen-bond donors (Lipinski definition) is 0. The van der Waals surface area contributed by atoms with Crippen LogP contribution < -0.4 is 40.6 Å². The fourth-order valence-electron chi connectivity index (χ4n) is 10.8. The number of hydrogen-bond acceptors (Lipinski definition) is 5. The largest absolute Gasteiger partial charge is 0.458 e. The Labute approximate surface area is 388 Å². The standard InChI is InChI=1S/C60H39BN4O2/c1-5-16-40(17-6-1)62(41-18-7-2-8-19-41)46-34-36-50-48(38-46)49-39-47(63(42-20-9-3-10-21-42)43-22-11-4-12-23-43)35-37-51(49)64(50)44-30-32-45(33-31-44)65-52-24-13-26-54-58(52)61-59-53(65)25-14-27-55(59)67-57-29-15-28-56(66-54)60(57)61/h1-39H. The molecule has 1 aromatic heterocycles. The zero-order chi connectivity index (χ0) is 44.0. The van der Waals surface area contributed by atoms with E-state index in [2.05, 4.69) is 250 Å². The highest BCUT2D eigenvalue weighted by Gasteiger charge is 2.47. The van der Waals surface area contributed by atoms with Gasteiger partial charge in [-0.25, -0.2) is 0 Å². The van der Waals surface area contributed by atoms with E-state index >= 15 is 0 Å². The van der Waals surface area contributed by atoms with Gasteiger partial charge in [0, 0.05) is 73.1 Å². The molecular formula is C60H39BN4O2. The van der Waals surface area contributed by atoms with Crippen LogP contribution in [0.5, 0.6) is 23.0 Å². The fraction of sp³-hybridized carbons (Fsp3) is 0. The molecule has 0 fully saturated rings. The molecule has 14 rings (SSSR count). The minimum Gasteiger partial charge on any atom is -0.458 e. The van der Waals surface area contributed by atoms with Gasteiger partial charge in [-0.3, -0.25) is 0 Å². The lowest BCUT2D eigenvalue weighted by Crippen LogP contribution is -2.61. The molecule has 3 aliphatic heterocycles. The predicted molar refractivity (Wildman–Crippen MR) is 276 cm³/mol. The normalized spacial score (nSPS) is 12.7. The fourth-order valence-corrected chi connectivity index (χ4v) is 10.8. The number of benzene rings is 10. The quantitative estimate of drug-likeness (QED) is 0.142. The molecular weight excluding hydrogens is 819 g/mol. The molecule has 0 bridgehead atoms. The molecule has 11 aromatic rings. The Morgan fingerprint density at radius 3 is 1.10 bits per heavy atom. The Kier molecular flexibility index (Phi) is 8.27. The van der Waals surface area contributed by atoms with Gasteiger partial charge in [0.25, 0.3) is 6.71 Å². The average molecular weight is 859 g/mol. The number of aromatic nitrogens is 1. The topological polar surface area (TPSA) is 33.1 Å². The minimum absolute atomic E-state index is 0.0217. The maximum absolute atomic E-state index is 6.61. The van der Waals surface area contributed by atoms with Gasteiger partial charge < -0.3 is 28.7 Å². The van der Waals surface area contributed by atoms with Crippen molar-refractivity contribution < 1.29 is 9.47 Å². The first-order valence-electron chi connectivity index (χ1n) is 22.8. The van der Waals surface area contributed by atoms with Gasteiger partial charge in [0.2, 0.25) is 0 Å². The van der Waals surface area contributed by atoms with Crippen molar-refractivity contribution >= 4 is 96.1 Å². The summed E-state index contributed by atoms with van der Waals surface area (Å²) < 4.78 is 15.6. The van der Waals surface area contributed by atoms with Gasteiger partial charge in [0.05, 0.1) is 11.0 Å². The highest BCUT2D eigenvalue weighted by atomic mass is 16.5. The van der Waals surface area contributed by atoms with E-state index < -0.39 is 0 Å². The first-order chi connectivity index (χ1) is 33.2. The summed E-state index contributed by atoms with van der Waals surface area (Å²) >= 11 is 0. The summed E-state index contributed by atoms with van der Waals surface area (Å²) in [6.45, 7) is 0.0217. The van der Waals surface area contributed by atoms with E-state index in [4.69, 9.17) is 9.47 Å². The first-order valence-corrected chi connectivity index (χ1v) is 22.8. The Bertz CT molecular complexity index is 3420. The van der Waals surface area contributed by atoms with Gasteiger partial charge in [-0.15, -0.1) is 0 Å². The molecule has 10 aromatic carbocycles. The molecule has 6 nitrogen and oxygen atoms in total. The predicted octanol–water partition coefficient (Wildman–Crippen LogP) is 14.2. The van der Waals surface area contributed by atoms with Crippen molar-refractivity contribution in [3.8, 4) is 28.7 Å². The Balaban J connectivity index is 0.948. The lowest BCUT2D eigenvalue weighted by atomic mass is 9.33. The van der Waals surface area contributed by atoms with Crippen LogP contribution in [0.2, 0.25) is 0 Å². The molecule has 0 aliphatic carbocycles. The zero-order valence-electron chi connectivity index (χ0n) is 36.2. The summed E-state index contributed by atoms with van der Waals surface area (Å²) in [6.07, 6.45) is 0. The molecule has 67 heavy (non-hydrogen) atoms. The van der Waals surface area contributed by atoms with Crippen LogP contribution in [-0.2, 0) is 0 Å². The van der Waals surface area contributed by atoms with Gasteiger partial charge >= 0.3 is 0 Å². The first kappa shape index (κ1) is 37.4. The average Bonchev–Trinajstić information content (AvgIpc) is 3.71. The van der Waals surface area contributed by atoms with Crippen molar-refractivity contribution in [2.75, 3.05) is 14.7 Å². The minimum atomic E-state index is 0.0217. The summed E-state index contributed by atoms with van der Waals surface area (Å²) in [7, 11) is 0. The smallest absolute Gasteiger partial charge is 0.266 e. The number of ether oxygens (including phenoxy) is 2. The van der Waals surface area contributed by atoms with Crippen LogP contribution in [0.1, 0.15) is 0 Å². The van der Waals surface area contributed by atoms with E-state index in [9.17, 15) is 0 Å². The van der Waals surface area contributed by atoms with E-state index in [0.29, 0.717) is 0 Å². The van der Waals surface area contributed by atoms with Crippen molar-refractivity contribution in [1.29, 1.82) is 0 Å². The Morgan fingerprint density at radius 1 is 0.313 bits per heavy atom. The van der Waals surface area contributed by atoms with Crippen molar-refractivity contribution in [2.24, 2.45) is 0 Å². The van der Waals surface area contributed by atoms with Gasteiger partial charge in [0.15, 0.2) is 0 Å². The third-order valence-corrected chi connectivity index (χ3v) is 13.6. The third-order valence-electron chi connectivity index (χ3n) is 13.6. The molecule has 0 radical (unpaired) electrons. The molecule has 314 valence electrons. The van der Waals surface area contributed by atoms with Crippen LogP contribution in [-0.4, -0.2) is 11.3 Å². The molecule has 3 aliphatic rings. The number of rotatable bonds is 8. The second kappa shape index (κ2) is 14.8. The highest BCUT2D eigenvalue weighted by Crippen LogP contribution is 2.47. The molecule has 0 unspecified atom stereocenters. The van der Waals surface area contributed by atoms with Gasteiger partial charge in [0.1, 0.15) is 23.0 Å². The Morgan fingerprint density at radius 2 is 0.687 bits per heavy atom. The summed E-state index contributed by atoms with van der Waals surface area (Å²) in [5, 5.41) is 2.31. The van der Waals surface area contributed by atoms with E-state index in [1.54, 1.807) is 0 Å². The van der Waals surface area contributed by atoms with E-state index in [-0.39, 0.29) is 6.71 Å². The van der Waals surface area contributed by atoms with Crippen LogP contribution in [0, 0.1) is 0 Å². The van der Waals surface area contributed by atoms with Crippen LogP contribution in [0.3, 0.4) is 0 Å². The molecule has 7 heteroatoms. The molecule has 0 atom stereocenters. The lowest BCUT2D eigenvalue weighted by Gasteiger charge is -2.42. The second-order valence-corrected chi connectivity index (χ2v) is 17.3. The van der Waals surface area contributed by atoms with Gasteiger partial charge in [-0.1, -0.05) is 91.0 Å². The summed E-state index contributed by atoms with van der Waals surface area (Å²) in [6, 6.07) is 84.2. The number of para-hydroxylation sites is 4. The van der Waals surface area contributed by atoms with E-state index in [0.717, 1.165) is 107 Å². The highest BCUT2D eigenvalue weighted by molar-refractivity contribution is 7.00. The van der Waals surface area contributed by atoms with Crippen molar-refractivity contribution in [1.82, 2.24) is 4.57 Å². The Hall–Kier alpha value is -8.94. The maximum Gasteiger partial charge on any atom is 0.266 e. The zero-order valence-corrected chi connectivity index (χ0v) is 36.2. The molecule has 4 heterocycles. The number of nitrogens with zero attached hydrogens (tertiary/aromatic N) is 4. The van der Waals surface area contributed by atoms with Crippen LogP contribution in [0.4, 0.5) is 51.2 Å². The maximum atomic E-state index is 6.61. The molecule has 0 saturated carbocycles.